The number of amides is 1. The quantitative estimate of drug-likeness (QED) is 0.891. The largest absolute Gasteiger partial charge is 0.381 e. The van der Waals surface area contributed by atoms with Crippen molar-refractivity contribution in [2.24, 2.45) is 0 Å². The number of halogens is 1. The molecule has 0 unspecified atom stereocenters. The number of rotatable bonds is 4. The fourth-order valence-corrected chi connectivity index (χ4v) is 2.57. The Labute approximate surface area is 143 Å². The molecule has 0 spiro atoms. The highest BCUT2D eigenvalue weighted by Gasteiger charge is 2.34. The minimum absolute atomic E-state index is 0.106. The Kier molecular flexibility index (Phi) is 4.74. The van der Waals surface area contributed by atoms with E-state index in [-0.39, 0.29) is 12.5 Å². The van der Waals surface area contributed by atoms with Crippen molar-refractivity contribution in [2.75, 3.05) is 13.2 Å². The minimum atomic E-state index is -0.880. The Morgan fingerprint density at radius 3 is 2.75 bits per heavy atom. The number of tetrazole rings is 1. The second-order valence-corrected chi connectivity index (χ2v) is 5.94. The Morgan fingerprint density at radius 1 is 1.38 bits per heavy atom. The van der Waals surface area contributed by atoms with E-state index in [2.05, 4.69) is 26.8 Å². The van der Waals surface area contributed by atoms with E-state index in [4.69, 9.17) is 16.3 Å². The van der Waals surface area contributed by atoms with Gasteiger partial charge in [-0.05, 0) is 29.5 Å². The van der Waals surface area contributed by atoms with E-state index < -0.39 is 5.54 Å². The van der Waals surface area contributed by atoms with Gasteiger partial charge in [0.25, 0.3) is 0 Å². The van der Waals surface area contributed by atoms with Crippen molar-refractivity contribution in [3.05, 3.63) is 29.3 Å². The van der Waals surface area contributed by atoms with Gasteiger partial charge in [-0.15, -0.1) is 10.2 Å². The standard InChI is InChI=1S/C15H15ClN6O2/c16-12-3-1-11(2-4-12)14-19-21-22(20-14)9-13(23)18-15(10-17)5-7-24-8-6-15/h1-4H,5-9H2,(H,18,23). The Balaban J connectivity index is 1.65. The zero-order valence-corrected chi connectivity index (χ0v) is 13.5. The first kappa shape index (κ1) is 16.4. The third kappa shape index (κ3) is 3.69. The van der Waals surface area contributed by atoms with Crippen LogP contribution >= 0.6 is 11.6 Å². The monoisotopic (exact) mass is 346 g/mol. The van der Waals surface area contributed by atoms with Crippen LogP contribution in [0.3, 0.4) is 0 Å². The third-order valence-electron chi connectivity index (χ3n) is 3.78. The van der Waals surface area contributed by atoms with Crippen LogP contribution in [0.1, 0.15) is 12.8 Å². The minimum Gasteiger partial charge on any atom is -0.381 e. The van der Waals surface area contributed by atoms with Crippen molar-refractivity contribution in [1.82, 2.24) is 25.5 Å². The van der Waals surface area contributed by atoms with E-state index in [1.165, 1.54) is 4.80 Å². The van der Waals surface area contributed by atoms with Gasteiger partial charge in [-0.25, -0.2) is 0 Å². The molecule has 1 aliphatic rings. The molecule has 1 aliphatic heterocycles. The van der Waals surface area contributed by atoms with Gasteiger partial charge in [-0.2, -0.15) is 10.1 Å². The van der Waals surface area contributed by atoms with E-state index in [0.717, 1.165) is 5.56 Å². The summed E-state index contributed by atoms with van der Waals surface area (Å²) in [7, 11) is 0. The van der Waals surface area contributed by atoms with Crippen LogP contribution in [0.2, 0.25) is 5.02 Å². The molecule has 0 bridgehead atoms. The maximum Gasteiger partial charge on any atom is 0.244 e. The van der Waals surface area contributed by atoms with Crippen molar-refractivity contribution in [1.29, 1.82) is 5.26 Å². The zero-order chi connectivity index (χ0) is 17.0. The number of hydrogen-bond acceptors (Lipinski definition) is 6. The molecule has 124 valence electrons. The number of aromatic nitrogens is 4. The molecule has 1 N–H and O–H groups in total. The predicted octanol–water partition coefficient (Wildman–Crippen LogP) is 1.18. The molecule has 2 aromatic rings. The first-order chi connectivity index (χ1) is 11.6. The number of nitriles is 1. The van der Waals surface area contributed by atoms with E-state index in [9.17, 15) is 10.1 Å². The highest BCUT2D eigenvalue weighted by Crippen LogP contribution is 2.20. The van der Waals surface area contributed by atoms with Gasteiger partial charge in [0, 0.05) is 36.6 Å². The van der Waals surface area contributed by atoms with Crippen LogP contribution in [0.5, 0.6) is 0 Å². The summed E-state index contributed by atoms with van der Waals surface area (Å²) in [5.74, 6) is 0.0686. The first-order valence-electron chi connectivity index (χ1n) is 7.44. The molecule has 8 nitrogen and oxygen atoms in total. The van der Waals surface area contributed by atoms with Crippen molar-refractivity contribution in [3.63, 3.8) is 0 Å². The summed E-state index contributed by atoms with van der Waals surface area (Å²) in [6, 6.07) is 9.19. The van der Waals surface area contributed by atoms with Crippen LogP contribution in [0.4, 0.5) is 0 Å². The maximum absolute atomic E-state index is 12.2. The number of nitrogens with zero attached hydrogens (tertiary/aromatic N) is 5. The van der Waals surface area contributed by atoms with Gasteiger partial charge in [-0.3, -0.25) is 4.79 Å². The third-order valence-corrected chi connectivity index (χ3v) is 4.03. The SMILES string of the molecule is N#CC1(NC(=O)Cn2nnc(-c3ccc(Cl)cc3)n2)CCOCC1. The number of nitrogens with one attached hydrogen (secondary N) is 1. The molecule has 1 fully saturated rings. The van der Waals surface area contributed by atoms with Crippen molar-refractivity contribution >= 4 is 17.5 Å². The predicted molar refractivity (Wildman–Crippen MR) is 84.8 cm³/mol. The molecule has 24 heavy (non-hydrogen) atoms. The lowest BCUT2D eigenvalue weighted by molar-refractivity contribution is -0.124. The summed E-state index contributed by atoms with van der Waals surface area (Å²) >= 11 is 5.84. The lowest BCUT2D eigenvalue weighted by Crippen LogP contribution is -2.51. The van der Waals surface area contributed by atoms with E-state index in [0.29, 0.717) is 36.9 Å². The summed E-state index contributed by atoms with van der Waals surface area (Å²) in [4.78, 5) is 13.4. The lowest BCUT2D eigenvalue weighted by atomic mass is 9.92. The smallest absolute Gasteiger partial charge is 0.244 e. The van der Waals surface area contributed by atoms with Crippen molar-refractivity contribution in [2.45, 2.75) is 24.9 Å². The average molecular weight is 347 g/mol. The number of carbonyl (C=O) groups excluding carboxylic acids is 1. The van der Waals surface area contributed by atoms with Crippen LogP contribution in [0.15, 0.2) is 24.3 Å². The van der Waals surface area contributed by atoms with Gasteiger partial charge >= 0.3 is 0 Å². The van der Waals surface area contributed by atoms with Gasteiger partial charge < -0.3 is 10.1 Å². The molecule has 0 atom stereocenters. The van der Waals surface area contributed by atoms with Gasteiger partial charge in [0.2, 0.25) is 11.7 Å². The zero-order valence-electron chi connectivity index (χ0n) is 12.8. The van der Waals surface area contributed by atoms with Crippen LogP contribution in [-0.2, 0) is 16.1 Å². The molecule has 1 aromatic carbocycles. The molecule has 1 amide bonds. The second kappa shape index (κ2) is 6.95. The molecular weight excluding hydrogens is 332 g/mol. The molecule has 1 aromatic heterocycles. The summed E-state index contributed by atoms with van der Waals surface area (Å²) < 4.78 is 5.24. The number of benzene rings is 1. The Bertz CT molecular complexity index is 761. The molecule has 0 saturated carbocycles. The van der Waals surface area contributed by atoms with E-state index in [1.807, 2.05) is 0 Å². The van der Waals surface area contributed by atoms with Gasteiger partial charge in [0.15, 0.2) is 0 Å². The highest BCUT2D eigenvalue weighted by molar-refractivity contribution is 6.30. The first-order valence-corrected chi connectivity index (χ1v) is 7.82. The summed E-state index contributed by atoms with van der Waals surface area (Å²) in [5.41, 5.74) is -0.126. The maximum atomic E-state index is 12.2. The number of carbonyl (C=O) groups is 1. The average Bonchev–Trinajstić information content (AvgIpc) is 3.04. The highest BCUT2D eigenvalue weighted by atomic mass is 35.5. The normalized spacial score (nSPS) is 16.3. The Hall–Kier alpha value is -2.50. The van der Waals surface area contributed by atoms with Gasteiger partial charge in [-0.1, -0.05) is 11.6 Å². The van der Waals surface area contributed by atoms with Crippen LogP contribution in [0.25, 0.3) is 11.4 Å². The summed E-state index contributed by atoms with van der Waals surface area (Å²) in [5, 5.41) is 24.7. The topological polar surface area (TPSA) is 106 Å². The van der Waals surface area contributed by atoms with Crippen LogP contribution in [0, 0.1) is 11.3 Å². The summed E-state index contributed by atoms with van der Waals surface area (Å²) in [6.07, 6.45) is 0.937. The van der Waals surface area contributed by atoms with E-state index >= 15 is 0 Å². The fraction of sp³-hybridized carbons (Fsp3) is 0.400. The van der Waals surface area contributed by atoms with Gasteiger partial charge in [0.05, 0.1) is 6.07 Å². The van der Waals surface area contributed by atoms with E-state index in [1.54, 1.807) is 24.3 Å². The molecule has 9 heteroatoms. The van der Waals surface area contributed by atoms with Crippen molar-refractivity contribution < 1.29 is 9.53 Å². The number of hydrogen-bond donors (Lipinski definition) is 1. The fourth-order valence-electron chi connectivity index (χ4n) is 2.44. The van der Waals surface area contributed by atoms with Crippen LogP contribution < -0.4 is 5.32 Å². The molecule has 0 aliphatic carbocycles. The van der Waals surface area contributed by atoms with Gasteiger partial charge in [0.1, 0.15) is 12.1 Å². The summed E-state index contributed by atoms with van der Waals surface area (Å²) in [6.45, 7) is 0.803. The Morgan fingerprint density at radius 2 is 2.08 bits per heavy atom. The lowest BCUT2D eigenvalue weighted by Gasteiger charge is -2.31. The van der Waals surface area contributed by atoms with Crippen molar-refractivity contribution in [3.8, 4) is 17.5 Å². The molecular formula is C15H15ClN6O2. The molecule has 1 saturated heterocycles. The molecule has 2 heterocycles. The van der Waals surface area contributed by atoms with Crippen LogP contribution in [-0.4, -0.2) is 44.9 Å². The molecule has 3 rings (SSSR count). The second-order valence-electron chi connectivity index (χ2n) is 5.50. The molecule has 0 radical (unpaired) electrons. The number of ether oxygens (including phenoxy) is 1.